The van der Waals surface area contributed by atoms with Crippen molar-refractivity contribution in [3.8, 4) is 6.07 Å². The molecular weight excluding hydrogens is 319 g/mol. The number of hydrogen-bond donors (Lipinski definition) is 2. The molecule has 2 N–H and O–H groups in total. The molecule has 1 fully saturated rings. The van der Waals surface area contributed by atoms with E-state index in [0.29, 0.717) is 36.3 Å². The van der Waals surface area contributed by atoms with Gasteiger partial charge in [-0.15, -0.1) is 0 Å². The largest absolute Gasteiger partial charge is 0.376 e. The van der Waals surface area contributed by atoms with Gasteiger partial charge in [0.05, 0.1) is 24.3 Å². The number of nitrogens with one attached hydrogen (secondary N) is 2. The Morgan fingerprint density at radius 2 is 2.04 bits per heavy atom. The first kappa shape index (κ1) is 19.2. The SMILES string of the molecule is CN=C(NCCOC1CCCCCC1)NCc1cc(C#N)ccc1F. The van der Waals surface area contributed by atoms with E-state index in [4.69, 9.17) is 10.00 Å². The molecular formula is C19H27FN4O. The smallest absolute Gasteiger partial charge is 0.191 e. The Morgan fingerprint density at radius 1 is 1.28 bits per heavy atom. The van der Waals surface area contributed by atoms with E-state index in [0.717, 1.165) is 12.8 Å². The number of halogens is 1. The summed E-state index contributed by atoms with van der Waals surface area (Å²) in [5, 5.41) is 15.1. The van der Waals surface area contributed by atoms with Crippen molar-refractivity contribution in [3.63, 3.8) is 0 Å². The fourth-order valence-corrected chi connectivity index (χ4v) is 2.98. The fraction of sp³-hybridized carbons (Fsp3) is 0.579. The maximum atomic E-state index is 13.8. The van der Waals surface area contributed by atoms with Crippen LogP contribution in [0.15, 0.2) is 23.2 Å². The highest BCUT2D eigenvalue weighted by Crippen LogP contribution is 2.19. The first-order valence-corrected chi connectivity index (χ1v) is 8.97. The van der Waals surface area contributed by atoms with Crippen LogP contribution in [0.1, 0.15) is 49.7 Å². The monoisotopic (exact) mass is 346 g/mol. The molecule has 1 aromatic carbocycles. The van der Waals surface area contributed by atoms with Gasteiger partial charge < -0.3 is 15.4 Å². The second-order valence-corrected chi connectivity index (χ2v) is 6.25. The molecule has 0 bridgehead atoms. The van der Waals surface area contributed by atoms with E-state index in [1.165, 1.54) is 37.8 Å². The number of ether oxygens (including phenoxy) is 1. The van der Waals surface area contributed by atoms with Crippen LogP contribution >= 0.6 is 0 Å². The molecule has 1 saturated carbocycles. The van der Waals surface area contributed by atoms with Crippen molar-refractivity contribution >= 4 is 5.96 Å². The molecule has 1 aliphatic rings. The summed E-state index contributed by atoms with van der Waals surface area (Å²) in [7, 11) is 1.67. The van der Waals surface area contributed by atoms with E-state index in [9.17, 15) is 4.39 Å². The van der Waals surface area contributed by atoms with Crippen molar-refractivity contribution in [2.75, 3.05) is 20.2 Å². The first-order valence-electron chi connectivity index (χ1n) is 8.97. The number of hydrogen-bond acceptors (Lipinski definition) is 3. The zero-order chi connectivity index (χ0) is 17.9. The van der Waals surface area contributed by atoms with Crippen molar-refractivity contribution in [2.24, 2.45) is 4.99 Å². The summed E-state index contributed by atoms with van der Waals surface area (Å²) in [4.78, 5) is 4.13. The Kier molecular flexibility index (Phi) is 8.20. The number of guanidine groups is 1. The lowest BCUT2D eigenvalue weighted by Gasteiger charge is -2.17. The maximum absolute atomic E-state index is 13.8. The third kappa shape index (κ3) is 6.71. The number of benzene rings is 1. The Balaban J connectivity index is 1.71. The third-order valence-corrected chi connectivity index (χ3v) is 4.39. The summed E-state index contributed by atoms with van der Waals surface area (Å²) < 4.78 is 19.7. The summed E-state index contributed by atoms with van der Waals surface area (Å²) in [6, 6.07) is 6.34. The van der Waals surface area contributed by atoms with Crippen LogP contribution in [0.25, 0.3) is 0 Å². The van der Waals surface area contributed by atoms with Gasteiger partial charge in [-0.05, 0) is 31.0 Å². The Morgan fingerprint density at radius 3 is 2.72 bits per heavy atom. The second-order valence-electron chi connectivity index (χ2n) is 6.25. The molecule has 0 aromatic heterocycles. The average Bonchev–Trinajstić information content (AvgIpc) is 2.91. The van der Waals surface area contributed by atoms with Gasteiger partial charge in [0, 0.05) is 25.7 Å². The van der Waals surface area contributed by atoms with E-state index >= 15 is 0 Å². The zero-order valence-electron chi connectivity index (χ0n) is 14.9. The van der Waals surface area contributed by atoms with Crippen LogP contribution in [-0.4, -0.2) is 32.3 Å². The quantitative estimate of drug-likeness (QED) is 0.359. The van der Waals surface area contributed by atoms with Crippen molar-refractivity contribution < 1.29 is 9.13 Å². The summed E-state index contributed by atoms with van der Waals surface area (Å²) >= 11 is 0. The minimum Gasteiger partial charge on any atom is -0.376 e. The molecule has 0 spiro atoms. The molecule has 2 rings (SSSR count). The highest BCUT2D eigenvalue weighted by Gasteiger charge is 2.12. The van der Waals surface area contributed by atoms with Crippen molar-refractivity contribution in [1.82, 2.24) is 10.6 Å². The normalized spacial score (nSPS) is 16.1. The standard InChI is InChI=1S/C19H27FN4O/c1-22-19(23-10-11-25-17-6-4-2-3-5-7-17)24-14-16-12-15(13-21)8-9-18(16)20/h8-9,12,17H,2-7,10-11,14H2,1H3,(H2,22,23,24). The van der Waals surface area contributed by atoms with Crippen LogP contribution in [0.5, 0.6) is 0 Å². The van der Waals surface area contributed by atoms with E-state index in [1.807, 2.05) is 6.07 Å². The molecule has 136 valence electrons. The van der Waals surface area contributed by atoms with Crippen molar-refractivity contribution in [3.05, 3.63) is 35.1 Å². The number of rotatable bonds is 6. The van der Waals surface area contributed by atoms with Crippen molar-refractivity contribution in [2.45, 2.75) is 51.2 Å². The van der Waals surface area contributed by atoms with Gasteiger partial charge in [0.1, 0.15) is 5.82 Å². The van der Waals surface area contributed by atoms with Gasteiger partial charge in [0.15, 0.2) is 5.96 Å². The van der Waals surface area contributed by atoms with Crippen LogP contribution in [0.4, 0.5) is 4.39 Å². The third-order valence-electron chi connectivity index (χ3n) is 4.39. The van der Waals surface area contributed by atoms with Gasteiger partial charge in [-0.1, -0.05) is 25.7 Å². The summed E-state index contributed by atoms with van der Waals surface area (Å²) in [5.74, 6) is 0.255. The maximum Gasteiger partial charge on any atom is 0.191 e. The molecule has 5 nitrogen and oxygen atoms in total. The molecule has 0 radical (unpaired) electrons. The Labute approximate surface area is 149 Å². The Bertz CT molecular complexity index is 604. The van der Waals surface area contributed by atoms with Crippen LogP contribution in [0.3, 0.4) is 0 Å². The average molecular weight is 346 g/mol. The van der Waals surface area contributed by atoms with E-state index in [-0.39, 0.29) is 12.4 Å². The van der Waals surface area contributed by atoms with E-state index < -0.39 is 0 Å². The van der Waals surface area contributed by atoms with Gasteiger partial charge in [-0.2, -0.15) is 5.26 Å². The zero-order valence-corrected chi connectivity index (χ0v) is 14.9. The van der Waals surface area contributed by atoms with Crippen LogP contribution in [-0.2, 0) is 11.3 Å². The first-order chi connectivity index (χ1) is 12.2. The lowest BCUT2D eigenvalue weighted by Crippen LogP contribution is -2.39. The molecule has 6 heteroatoms. The van der Waals surface area contributed by atoms with Gasteiger partial charge in [0.2, 0.25) is 0 Å². The summed E-state index contributed by atoms with van der Waals surface area (Å²) in [5.41, 5.74) is 0.884. The van der Waals surface area contributed by atoms with Gasteiger partial charge in [0.25, 0.3) is 0 Å². The van der Waals surface area contributed by atoms with E-state index in [2.05, 4.69) is 15.6 Å². The molecule has 0 amide bonds. The highest BCUT2D eigenvalue weighted by molar-refractivity contribution is 5.79. The van der Waals surface area contributed by atoms with Gasteiger partial charge >= 0.3 is 0 Å². The predicted molar refractivity (Wildman–Crippen MR) is 96.8 cm³/mol. The molecule has 0 unspecified atom stereocenters. The van der Waals surface area contributed by atoms with E-state index in [1.54, 1.807) is 13.1 Å². The van der Waals surface area contributed by atoms with Crippen LogP contribution < -0.4 is 10.6 Å². The highest BCUT2D eigenvalue weighted by atomic mass is 19.1. The van der Waals surface area contributed by atoms with Gasteiger partial charge in [-0.25, -0.2) is 4.39 Å². The minimum atomic E-state index is -0.335. The number of nitrogens with zero attached hydrogens (tertiary/aromatic N) is 2. The summed E-state index contributed by atoms with van der Waals surface area (Å²) in [6.07, 6.45) is 7.84. The molecule has 0 saturated heterocycles. The molecule has 0 heterocycles. The van der Waals surface area contributed by atoms with Crippen LogP contribution in [0.2, 0.25) is 0 Å². The molecule has 1 aliphatic carbocycles. The minimum absolute atomic E-state index is 0.268. The fourth-order valence-electron chi connectivity index (χ4n) is 2.98. The lowest BCUT2D eigenvalue weighted by molar-refractivity contribution is 0.0468. The Hall–Kier alpha value is -2.13. The topological polar surface area (TPSA) is 69.4 Å². The number of nitriles is 1. The second kappa shape index (κ2) is 10.7. The lowest BCUT2D eigenvalue weighted by atomic mass is 10.1. The van der Waals surface area contributed by atoms with Crippen LogP contribution in [0, 0.1) is 17.1 Å². The van der Waals surface area contributed by atoms with Gasteiger partial charge in [-0.3, -0.25) is 4.99 Å². The molecule has 1 aromatic rings. The van der Waals surface area contributed by atoms with Crippen molar-refractivity contribution in [1.29, 1.82) is 5.26 Å². The molecule has 0 aliphatic heterocycles. The molecule has 0 atom stereocenters. The molecule has 25 heavy (non-hydrogen) atoms. The number of aliphatic imine (C=N–C) groups is 1. The predicted octanol–water partition coefficient (Wildman–Crippen LogP) is 3.10. The summed E-state index contributed by atoms with van der Waals surface area (Å²) in [6.45, 7) is 1.55.